The monoisotopic (exact) mass is 332 g/mol. The zero-order chi connectivity index (χ0) is 16.9. The number of carbonyl (C=O) groups is 1. The first-order chi connectivity index (χ1) is 11.7. The Kier molecular flexibility index (Phi) is 5.33. The molecule has 0 aromatic carbocycles. The summed E-state index contributed by atoms with van der Waals surface area (Å²) in [6, 6.07) is 1.35. The Morgan fingerprint density at radius 2 is 2.17 bits per heavy atom. The molecule has 0 bridgehead atoms. The molecule has 2 amide bonds. The van der Waals surface area contributed by atoms with Gasteiger partial charge in [0, 0.05) is 17.6 Å². The van der Waals surface area contributed by atoms with Gasteiger partial charge >= 0.3 is 6.03 Å². The number of pyridine rings is 1. The number of hydrogen-bond donors (Lipinski definition) is 3. The van der Waals surface area contributed by atoms with E-state index in [-0.39, 0.29) is 12.1 Å². The minimum Gasteiger partial charge on any atom is -0.344 e. The van der Waals surface area contributed by atoms with E-state index in [1.54, 1.807) is 6.20 Å². The minimum absolute atomic E-state index is 0.225. The zero-order valence-corrected chi connectivity index (χ0v) is 14.1. The topological polar surface area (TPSA) is 69.8 Å². The van der Waals surface area contributed by atoms with Crippen LogP contribution in [0.1, 0.15) is 51.9 Å². The number of rotatable bonds is 5. The summed E-state index contributed by atoms with van der Waals surface area (Å²) in [4.78, 5) is 19.1. The van der Waals surface area contributed by atoms with Gasteiger partial charge in [-0.15, -0.1) is 0 Å². The number of nitrogens with zero attached hydrogens (tertiary/aromatic N) is 1. The van der Waals surface area contributed by atoms with Crippen LogP contribution < -0.4 is 10.6 Å². The van der Waals surface area contributed by atoms with Gasteiger partial charge in [-0.2, -0.15) is 0 Å². The second kappa shape index (κ2) is 7.64. The summed E-state index contributed by atoms with van der Waals surface area (Å²) < 4.78 is 13.3. The lowest BCUT2D eigenvalue weighted by molar-refractivity contribution is 0.235. The standard InChI is InChI=1S/C18H25FN4O/c1-2-3-4-12-5-7-14(8-6-12)22-18(24)23-16-11-21-17-15(16)9-13(19)10-20-17/h9-12,14H,2-8H2,1H3,(H,20,21)(H2,22,23,24). The number of aromatic nitrogens is 2. The van der Waals surface area contributed by atoms with Crippen LogP contribution in [0.5, 0.6) is 0 Å². The molecule has 1 fully saturated rings. The maximum absolute atomic E-state index is 13.3. The summed E-state index contributed by atoms with van der Waals surface area (Å²) in [5, 5.41) is 6.41. The highest BCUT2D eigenvalue weighted by atomic mass is 19.1. The van der Waals surface area contributed by atoms with Crippen molar-refractivity contribution in [1.82, 2.24) is 15.3 Å². The van der Waals surface area contributed by atoms with Crippen molar-refractivity contribution in [2.45, 2.75) is 57.9 Å². The first-order valence-corrected chi connectivity index (χ1v) is 8.86. The summed E-state index contributed by atoms with van der Waals surface area (Å²) in [7, 11) is 0. The lowest BCUT2D eigenvalue weighted by Gasteiger charge is -2.29. The predicted molar refractivity (Wildman–Crippen MR) is 93.5 cm³/mol. The van der Waals surface area contributed by atoms with Gasteiger partial charge in [-0.3, -0.25) is 0 Å². The zero-order valence-electron chi connectivity index (χ0n) is 14.1. The molecule has 6 heteroatoms. The van der Waals surface area contributed by atoms with Crippen LogP contribution in [0.25, 0.3) is 11.0 Å². The third-order valence-corrected chi connectivity index (χ3v) is 4.89. The Bertz CT molecular complexity index is 691. The van der Waals surface area contributed by atoms with Gasteiger partial charge in [-0.25, -0.2) is 14.2 Å². The van der Waals surface area contributed by atoms with Gasteiger partial charge in [0.2, 0.25) is 0 Å². The summed E-state index contributed by atoms with van der Waals surface area (Å²) >= 11 is 0. The first kappa shape index (κ1) is 16.7. The van der Waals surface area contributed by atoms with Crippen molar-refractivity contribution in [3.8, 4) is 0 Å². The van der Waals surface area contributed by atoms with Crippen molar-refractivity contribution >= 4 is 22.8 Å². The second-order valence-electron chi connectivity index (χ2n) is 6.71. The van der Waals surface area contributed by atoms with Crippen LogP contribution in [0.2, 0.25) is 0 Å². The maximum Gasteiger partial charge on any atom is 0.319 e. The van der Waals surface area contributed by atoms with Crippen LogP contribution >= 0.6 is 0 Å². The van der Waals surface area contributed by atoms with Crippen LogP contribution in [-0.2, 0) is 0 Å². The molecule has 0 radical (unpaired) electrons. The fourth-order valence-corrected chi connectivity index (χ4v) is 3.51. The molecule has 3 N–H and O–H groups in total. The molecule has 2 heterocycles. The van der Waals surface area contributed by atoms with Crippen molar-refractivity contribution < 1.29 is 9.18 Å². The van der Waals surface area contributed by atoms with E-state index < -0.39 is 5.82 Å². The normalized spacial score (nSPS) is 20.9. The Hall–Kier alpha value is -2.11. The number of carbonyl (C=O) groups excluding carboxylic acids is 1. The van der Waals surface area contributed by atoms with Gasteiger partial charge in [0.25, 0.3) is 0 Å². The van der Waals surface area contributed by atoms with Gasteiger partial charge in [0.05, 0.1) is 11.9 Å². The molecule has 24 heavy (non-hydrogen) atoms. The third kappa shape index (κ3) is 4.04. The van der Waals surface area contributed by atoms with Gasteiger partial charge in [0.1, 0.15) is 11.5 Å². The second-order valence-corrected chi connectivity index (χ2v) is 6.71. The predicted octanol–water partition coefficient (Wildman–Crippen LogP) is 4.57. The molecule has 0 aliphatic heterocycles. The van der Waals surface area contributed by atoms with Crippen LogP contribution in [0, 0.1) is 11.7 Å². The van der Waals surface area contributed by atoms with Crippen molar-refractivity contribution in [2.75, 3.05) is 5.32 Å². The molecular weight excluding hydrogens is 307 g/mol. The number of urea groups is 1. The van der Waals surface area contributed by atoms with Crippen LogP contribution in [-0.4, -0.2) is 22.0 Å². The lowest BCUT2D eigenvalue weighted by Crippen LogP contribution is -2.40. The number of nitrogens with one attached hydrogen (secondary N) is 3. The number of unbranched alkanes of at least 4 members (excludes halogenated alkanes) is 1. The lowest BCUT2D eigenvalue weighted by atomic mass is 9.83. The molecule has 0 saturated heterocycles. The Morgan fingerprint density at radius 1 is 1.38 bits per heavy atom. The van der Waals surface area contributed by atoms with Crippen molar-refractivity contribution in [3.63, 3.8) is 0 Å². The highest BCUT2D eigenvalue weighted by Gasteiger charge is 2.22. The van der Waals surface area contributed by atoms with Crippen molar-refractivity contribution in [3.05, 3.63) is 24.3 Å². The Balaban J connectivity index is 1.52. The molecule has 0 spiro atoms. The molecule has 0 atom stereocenters. The molecule has 1 saturated carbocycles. The molecule has 130 valence electrons. The maximum atomic E-state index is 13.3. The average molecular weight is 332 g/mol. The van der Waals surface area contributed by atoms with Gasteiger partial charge in [0.15, 0.2) is 0 Å². The van der Waals surface area contributed by atoms with Crippen LogP contribution in [0.3, 0.4) is 0 Å². The fourth-order valence-electron chi connectivity index (χ4n) is 3.51. The first-order valence-electron chi connectivity index (χ1n) is 8.86. The quantitative estimate of drug-likeness (QED) is 0.750. The van der Waals surface area contributed by atoms with E-state index in [9.17, 15) is 9.18 Å². The Morgan fingerprint density at radius 3 is 2.92 bits per heavy atom. The molecule has 1 aliphatic carbocycles. The van der Waals surface area contributed by atoms with E-state index in [0.29, 0.717) is 16.7 Å². The van der Waals surface area contributed by atoms with Crippen molar-refractivity contribution in [2.24, 2.45) is 5.92 Å². The summed E-state index contributed by atoms with van der Waals surface area (Å²) in [6.45, 7) is 2.23. The number of H-pyrrole nitrogens is 1. The smallest absolute Gasteiger partial charge is 0.319 e. The van der Waals surface area contributed by atoms with E-state index in [0.717, 1.165) is 25.0 Å². The van der Waals surface area contributed by atoms with Crippen LogP contribution in [0.15, 0.2) is 18.5 Å². The number of halogens is 1. The SMILES string of the molecule is CCCCC1CCC(NC(=O)Nc2c[nH]c3ncc(F)cc23)CC1. The van der Waals surface area contributed by atoms with Crippen molar-refractivity contribution in [1.29, 1.82) is 0 Å². The van der Waals surface area contributed by atoms with Gasteiger partial charge in [-0.1, -0.05) is 26.2 Å². The van der Waals surface area contributed by atoms with E-state index in [1.807, 2.05) is 0 Å². The van der Waals surface area contributed by atoms with E-state index in [4.69, 9.17) is 0 Å². The van der Waals surface area contributed by atoms with Gasteiger partial charge < -0.3 is 15.6 Å². The molecular formula is C18H25FN4O. The highest BCUT2D eigenvalue weighted by Crippen LogP contribution is 2.28. The number of amides is 2. The molecule has 2 aromatic rings. The van der Waals surface area contributed by atoms with Crippen LogP contribution in [0.4, 0.5) is 14.9 Å². The molecule has 1 aliphatic rings. The number of hydrogen-bond acceptors (Lipinski definition) is 2. The minimum atomic E-state index is -0.420. The molecule has 5 nitrogen and oxygen atoms in total. The largest absolute Gasteiger partial charge is 0.344 e. The van der Waals surface area contributed by atoms with E-state index in [2.05, 4.69) is 27.5 Å². The third-order valence-electron chi connectivity index (χ3n) is 4.89. The molecule has 3 rings (SSSR count). The average Bonchev–Trinajstić information content (AvgIpc) is 2.96. The number of anilines is 1. The van der Waals surface area contributed by atoms with E-state index >= 15 is 0 Å². The summed E-state index contributed by atoms with van der Waals surface area (Å²) in [5.74, 6) is 0.393. The summed E-state index contributed by atoms with van der Waals surface area (Å²) in [6.07, 6.45) is 11.1. The molecule has 2 aromatic heterocycles. The van der Waals surface area contributed by atoms with Gasteiger partial charge in [-0.05, 0) is 37.7 Å². The highest BCUT2D eigenvalue weighted by molar-refractivity contribution is 5.99. The number of fused-ring (bicyclic) bond motifs is 1. The Labute approximate surface area is 141 Å². The summed E-state index contributed by atoms with van der Waals surface area (Å²) in [5.41, 5.74) is 1.11. The van der Waals surface area contributed by atoms with E-state index in [1.165, 1.54) is 38.2 Å². The number of aromatic amines is 1. The molecule has 0 unspecified atom stereocenters. The fraction of sp³-hybridized carbons (Fsp3) is 0.556.